The summed E-state index contributed by atoms with van der Waals surface area (Å²) < 4.78 is 7.48. The predicted molar refractivity (Wildman–Crippen MR) is 79.3 cm³/mol. The lowest BCUT2D eigenvalue weighted by molar-refractivity contribution is 0.212. The van der Waals surface area contributed by atoms with Gasteiger partial charge in [-0.2, -0.15) is 0 Å². The molecule has 0 bridgehead atoms. The van der Waals surface area contributed by atoms with Crippen LogP contribution in [0.4, 0.5) is 0 Å². The highest BCUT2D eigenvalue weighted by atomic mass is 16.5. The number of hydrogen-bond acceptors (Lipinski definition) is 4. The van der Waals surface area contributed by atoms with Crippen LogP contribution in [0, 0.1) is 0 Å². The van der Waals surface area contributed by atoms with Crippen molar-refractivity contribution in [1.29, 1.82) is 0 Å². The molecule has 108 valence electrons. The van der Waals surface area contributed by atoms with Crippen LogP contribution in [0.2, 0.25) is 0 Å². The zero-order valence-corrected chi connectivity index (χ0v) is 12.0. The molecule has 21 heavy (non-hydrogen) atoms. The van der Waals surface area contributed by atoms with Gasteiger partial charge in [-0.1, -0.05) is 6.07 Å². The van der Waals surface area contributed by atoms with Crippen molar-refractivity contribution in [3.8, 4) is 5.75 Å². The molecule has 1 unspecified atom stereocenters. The minimum atomic E-state index is -0.826. The van der Waals surface area contributed by atoms with Crippen LogP contribution < -0.4 is 4.74 Å². The fourth-order valence-corrected chi connectivity index (χ4v) is 2.18. The predicted octanol–water partition coefficient (Wildman–Crippen LogP) is 2.60. The van der Waals surface area contributed by atoms with E-state index in [1.165, 1.54) is 0 Å². The third-order valence-corrected chi connectivity index (χ3v) is 3.08. The van der Waals surface area contributed by atoms with E-state index in [4.69, 9.17) is 4.74 Å². The van der Waals surface area contributed by atoms with Gasteiger partial charge in [-0.3, -0.25) is 4.98 Å². The van der Waals surface area contributed by atoms with E-state index in [-0.39, 0.29) is 6.10 Å². The Morgan fingerprint density at radius 1 is 1.24 bits per heavy atom. The smallest absolute Gasteiger partial charge is 0.138 e. The van der Waals surface area contributed by atoms with Crippen molar-refractivity contribution in [2.75, 3.05) is 0 Å². The molecule has 1 atom stereocenters. The minimum Gasteiger partial charge on any atom is -0.489 e. The van der Waals surface area contributed by atoms with Crippen LogP contribution in [0.1, 0.15) is 31.2 Å². The summed E-state index contributed by atoms with van der Waals surface area (Å²) in [5.74, 6) is 0.644. The van der Waals surface area contributed by atoms with E-state index in [2.05, 4.69) is 9.97 Å². The summed E-state index contributed by atoms with van der Waals surface area (Å²) in [7, 11) is 0. The average Bonchev–Trinajstić information content (AvgIpc) is 2.90. The standard InChI is InChI=1S/C16H17N3O2/c1-11(2)21-13-7-12(8-17-9-13)16(20)14-10-19-6-4-3-5-15(19)18-14/h3-11,16,20H,1-2H3. The fraction of sp³-hybridized carbons (Fsp3) is 0.250. The van der Waals surface area contributed by atoms with Crippen LogP contribution in [-0.2, 0) is 0 Å². The molecule has 3 rings (SSSR count). The molecule has 0 radical (unpaired) electrons. The number of pyridine rings is 2. The Hall–Kier alpha value is -2.40. The van der Waals surface area contributed by atoms with Crippen molar-refractivity contribution in [3.05, 3.63) is 60.3 Å². The van der Waals surface area contributed by atoms with E-state index in [1.807, 2.05) is 48.8 Å². The van der Waals surface area contributed by atoms with E-state index in [0.717, 1.165) is 5.65 Å². The van der Waals surface area contributed by atoms with Crippen molar-refractivity contribution >= 4 is 5.65 Å². The quantitative estimate of drug-likeness (QED) is 0.799. The monoisotopic (exact) mass is 283 g/mol. The van der Waals surface area contributed by atoms with Gasteiger partial charge in [0.25, 0.3) is 0 Å². The number of aliphatic hydroxyl groups excluding tert-OH is 1. The number of aliphatic hydroxyl groups is 1. The number of rotatable bonds is 4. The minimum absolute atomic E-state index is 0.0642. The van der Waals surface area contributed by atoms with Gasteiger partial charge in [0.05, 0.1) is 18.0 Å². The number of ether oxygens (including phenoxy) is 1. The van der Waals surface area contributed by atoms with Gasteiger partial charge < -0.3 is 14.2 Å². The maximum absolute atomic E-state index is 10.5. The zero-order chi connectivity index (χ0) is 14.8. The van der Waals surface area contributed by atoms with Gasteiger partial charge in [0.15, 0.2) is 0 Å². The summed E-state index contributed by atoms with van der Waals surface area (Å²) in [5, 5.41) is 10.5. The van der Waals surface area contributed by atoms with Gasteiger partial charge in [0.2, 0.25) is 0 Å². The molecule has 0 aliphatic carbocycles. The van der Waals surface area contributed by atoms with Crippen LogP contribution in [0.25, 0.3) is 5.65 Å². The van der Waals surface area contributed by atoms with Crippen molar-refractivity contribution in [1.82, 2.24) is 14.4 Å². The molecule has 3 heterocycles. The largest absolute Gasteiger partial charge is 0.489 e. The van der Waals surface area contributed by atoms with Crippen LogP contribution in [-0.4, -0.2) is 25.6 Å². The number of hydrogen-bond donors (Lipinski definition) is 1. The second-order valence-corrected chi connectivity index (χ2v) is 5.15. The second-order valence-electron chi connectivity index (χ2n) is 5.15. The molecule has 0 saturated carbocycles. The summed E-state index contributed by atoms with van der Waals surface area (Å²) in [5.41, 5.74) is 2.05. The molecular weight excluding hydrogens is 266 g/mol. The summed E-state index contributed by atoms with van der Waals surface area (Å²) in [6, 6.07) is 7.52. The number of nitrogens with zero attached hydrogens (tertiary/aromatic N) is 3. The third-order valence-electron chi connectivity index (χ3n) is 3.08. The number of aromatic nitrogens is 3. The van der Waals surface area contributed by atoms with E-state index < -0.39 is 6.10 Å². The van der Waals surface area contributed by atoms with Crippen molar-refractivity contribution in [3.63, 3.8) is 0 Å². The Labute approximate surface area is 122 Å². The highest BCUT2D eigenvalue weighted by Gasteiger charge is 2.15. The lowest BCUT2D eigenvalue weighted by Gasteiger charge is -2.12. The van der Waals surface area contributed by atoms with Crippen LogP contribution in [0.15, 0.2) is 49.1 Å². The first-order valence-corrected chi connectivity index (χ1v) is 6.87. The summed E-state index contributed by atoms with van der Waals surface area (Å²) in [4.78, 5) is 8.54. The maximum atomic E-state index is 10.5. The first-order valence-electron chi connectivity index (χ1n) is 6.87. The molecule has 0 amide bonds. The van der Waals surface area contributed by atoms with E-state index in [1.54, 1.807) is 18.5 Å². The fourth-order valence-electron chi connectivity index (χ4n) is 2.18. The van der Waals surface area contributed by atoms with Crippen molar-refractivity contribution in [2.45, 2.75) is 26.1 Å². The molecule has 3 aromatic rings. The van der Waals surface area contributed by atoms with Crippen LogP contribution >= 0.6 is 0 Å². The van der Waals surface area contributed by atoms with E-state index in [0.29, 0.717) is 17.0 Å². The van der Waals surface area contributed by atoms with Gasteiger partial charge >= 0.3 is 0 Å². The number of fused-ring (bicyclic) bond motifs is 1. The first-order chi connectivity index (χ1) is 10.1. The SMILES string of the molecule is CC(C)Oc1cncc(C(O)c2cn3ccccc3n2)c1. The Morgan fingerprint density at radius 3 is 2.86 bits per heavy atom. The van der Waals surface area contributed by atoms with Crippen LogP contribution in [0.5, 0.6) is 5.75 Å². The Balaban J connectivity index is 1.92. The molecule has 5 heteroatoms. The van der Waals surface area contributed by atoms with Crippen molar-refractivity contribution < 1.29 is 9.84 Å². The molecule has 3 aromatic heterocycles. The maximum Gasteiger partial charge on any atom is 0.138 e. The molecule has 0 saturated heterocycles. The Kier molecular flexibility index (Phi) is 3.58. The first kappa shape index (κ1) is 13.6. The summed E-state index contributed by atoms with van der Waals surface area (Å²) >= 11 is 0. The van der Waals surface area contributed by atoms with Crippen molar-refractivity contribution in [2.24, 2.45) is 0 Å². The summed E-state index contributed by atoms with van der Waals surface area (Å²) in [6.45, 7) is 3.90. The average molecular weight is 283 g/mol. The van der Waals surface area contributed by atoms with Gasteiger partial charge in [-0.25, -0.2) is 4.98 Å². The highest BCUT2D eigenvalue weighted by Crippen LogP contribution is 2.24. The van der Waals surface area contributed by atoms with E-state index in [9.17, 15) is 5.11 Å². The zero-order valence-electron chi connectivity index (χ0n) is 12.0. The number of imidazole rings is 1. The Morgan fingerprint density at radius 2 is 2.10 bits per heavy atom. The Bertz CT molecular complexity index is 719. The normalized spacial score (nSPS) is 12.8. The highest BCUT2D eigenvalue weighted by molar-refractivity contribution is 5.41. The lowest BCUT2D eigenvalue weighted by atomic mass is 10.1. The van der Waals surface area contributed by atoms with Gasteiger partial charge in [0, 0.05) is 24.2 Å². The molecule has 0 spiro atoms. The molecule has 0 aliphatic heterocycles. The lowest BCUT2D eigenvalue weighted by Crippen LogP contribution is -2.07. The van der Waals surface area contributed by atoms with Gasteiger partial charge in [0.1, 0.15) is 17.5 Å². The molecule has 0 aromatic carbocycles. The summed E-state index contributed by atoms with van der Waals surface area (Å²) in [6.07, 6.45) is 6.22. The molecule has 0 aliphatic rings. The van der Waals surface area contributed by atoms with Gasteiger partial charge in [-0.05, 0) is 32.0 Å². The second kappa shape index (κ2) is 5.54. The molecule has 5 nitrogen and oxygen atoms in total. The molecule has 0 fully saturated rings. The topological polar surface area (TPSA) is 59.7 Å². The van der Waals surface area contributed by atoms with Gasteiger partial charge in [-0.15, -0.1) is 0 Å². The third kappa shape index (κ3) is 2.87. The van der Waals surface area contributed by atoms with Crippen LogP contribution in [0.3, 0.4) is 0 Å². The molecular formula is C16H17N3O2. The molecule has 1 N–H and O–H groups in total. The van der Waals surface area contributed by atoms with E-state index >= 15 is 0 Å².